The quantitative estimate of drug-likeness (QED) is 0.224. The Labute approximate surface area is 249 Å². The first-order valence-electron chi connectivity index (χ1n) is 14.4. The Bertz CT molecular complexity index is 1550. The van der Waals surface area contributed by atoms with Crippen LogP contribution in [0.3, 0.4) is 0 Å². The van der Waals surface area contributed by atoms with Crippen LogP contribution in [0.25, 0.3) is 0 Å². The fourth-order valence-corrected chi connectivity index (χ4v) is 5.29. The highest BCUT2D eigenvalue weighted by Crippen LogP contribution is 2.32. The lowest BCUT2D eigenvalue weighted by molar-refractivity contribution is -0.137. The molecule has 7 nitrogen and oxygen atoms in total. The van der Waals surface area contributed by atoms with Crippen LogP contribution in [-0.2, 0) is 19.3 Å². The molecule has 1 aliphatic rings. The molecule has 0 radical (unpaired) electrons. The van der Waals surface area contributed by atoms with E-state index in [-0.39, 0.29) is 17.6 Å². The molecule has 0 aliphatic carbocycles. The number of hydrogen-bond acceptors (Lipinski definition) is 4. The zero-order chi connectivity index (χ0) is 30.6. The van der Waals surface area contributed by atoms with E-state index in [0.717, 1.165) is 29.8 Å². The Morgan fingerprint density at radius 2 is 1.67 bits per heavy atom. The van der Waals surface area contributed by atoms with Gasteiger partial charge in [-0.15, -0.1) is 0 Å². The van der Waals surface area contributed by atoms with Crippen molar-refractivity contribution in [1.82, 2.24) is 14.4 Å². The minimum Gasteiger partial charge on any atom is -0.454 e. The van der Waals surface area contributed by atoms with E-state index < -0.39 is 11.7 Å². The molecule has 2 aromatic heterocycles. The first-order valence-corrected chi connectivity index (χ1v) is 14.4. The number of benzene rings is 2. The second-order valence-corrected chi connectivity index (χ2v) is 10.8. The molecule has 43 heavy (non-hydrogen) atoms. The van der Waals surface area contributed by atoms with Gasteiger partial charge in [0.15, 0.2) is 5.76 Å². The van der Waals surface area contributed by atoms with Crippen molar-refractivity contribution >= 4 is 17.5 Å². The van der Waals surface area contributed by atoms with Crippen LogP contribution in [0.1, 0.15) is 56.8 Å². The third-order valence-electron chi connectivity index (χ3n) is 7.66. The Balaban J connectivity index is 1.20. The molecule has 1 fully saturated rings. The second kappa shape index (κ2) is 12.8. The number of carbonyl (C=O) groups excluding carboxylic acids is 2. The maximum atomic E-state index is 13.2. The van der Waals surface area contributed by atoms with Crippen molar-refractivity contribution in [2.45, 2.75) is 39.5 Å². The normalized spacial score (nSPS) is 13.8. The van der Waals surface area contributed by atoms with E-state index in [1.54, 1.807) is 23.1 Å². The lowest BCUT2D eigenvalue weighted by atomic mass is 10.1. The van der Waals surface area contributed by atoms with Crippen molar-refractivity contribution < 1.29 is 27.2 Å². The average molecular weight is 593 g/mol. The number of halogens is 3. The number of furan rings is 1. The molecule has 226 valence electrons. The molecule has 0 bridgehead atoms. The minimum atomic E-state index is -4.40. The van der Waals surface area contributed by atoms with Crippen molar-refractivity contribution in [3.05, 3.63) is 113 Å². The van der Waals surface area contributed by atoms with Gasteiger partial charge >= 0.3 is 6.18 Å². The van der Waals surface area contributed by atoms with Crippen LogP contribution in [-0.4, -0.2) is 58.9 Å². The van der Waals surface area contributed by atoms with Gasteiger partial charge in [-0.3, -0.25) is 9.59 Å². The fraction of sp³-hybridized carbons (Fsp3) is 0.333. The average Bonchev–Trinajstić information content (AvgIpc) is 3.66. The van der Waals surface area contributed by atoms with Crippen LogP contribution in [0.5, 0.6) is 0 Å². The lowest BCUT2D eigenvalue weighted by Gasteiger charge is -2.36. The zero-order valence-corrected chi connectivity index (χ0v) is 24.3. The highest BCUT2D eigenvalue weighted by molar-refractivity contribution is 5.94. The van der Waals surface area contributed by atoms with Crippen molar-refractivity contribution in [3.8, 4) is 0 Å². The number of nitrogens with zero attached hydrogens (tertiary/aromatic N) is 4. The van der Waals surface area contributed by atoms with E-state index in [4.69, 9.17) is 4.42 Å². The van der Waals surface area contributed by atoms with Gasteiger partial charge in [0.05, 0.1) is 18.7 Å². The SMILES string of the molecule is CCCN(Cc1cccn1Cc1ccc(C(=O)N2CCN(c3cccc(C(F)(F)F)c3)CC2)o1)C(=O)c1ccc(C)cc1. The summed E-state index contributed by atoms with van der Waals surface area (Å²) in [7, 11) is 0. The number of carbonyl (C=O) groups is 2. The van der Waals surface area contributed by atoms with Gasteiger partial charge in [0.1, 0.15) is 5.76 Å². The Morgan fingerprint density at radius 3 is 2.37 bits per heavy atom. The van der Waals surface area contributed by atoms with Gasteiger partial charge in [0.2, 0.25) is 0 Å². The molecule has 2 amide bonds. The molecule has 10 heteroatoms. The maximum absolute atomic E-state index is 13.2. The molecule has 0 unspecified atom stereocenters. The molecule has 0 spiro atoms. The molecule has 5 rings (SSSR count). The number of aromatic nitrogens is 1. The molecular formula is C33H35F3N4O3. The van der Waals surface area contributed by atoms with Gasteiger partial charge in [-0.2, -0.15) is 13.2 Å². The summed E-state index contributed by atoms with van der Waals surface area (Å²) in [4.78, 5) is 31.8. The van der Waals surface area contributed by atoms with Gasteiger partial charge in [0, 0.05) is 55.9 Å². The zero-order valence-electron chi connectivity index (χ0n) is 24.3. The fourth-order valence-electron chi connectivity index (χ4n) is 5.29. The van der Waals surface area contributed by atoms with Crippen LogP contribution in [0.15, 0.2) is 83.4 Å². The van der Waals surface area contributed by atoms with Crippen LogP contribution >= 0.6 is 0 Å². The molecule has 1 saturated heterocycles. The first-order chi connectivity index (χ1) is 20.6. The predicted molar refractivity (Wildman–Crippen MR) is 158 cm³/mol. The van der Waals surface area contributed by atoms with Gasteiger partial charge in [-0.05, 0) is 67.9 Å². The van der Waals surface area contributed by atoms with Crippen LogP contribution in [0.4, 0.5) is 18.9 Å². The Hall–Kier alpha value is -4.47. The summed E-state index contributed by atoms with van der Waals surface area (Å²) in [5.74, 6) is 0.558. The summed E-state index contributed by atoms with van der Waals surface area (Å²) in [6, 6.07) is 20.2. The maximum Gasteiger partial charge on any atom is 0.416 e. The number of hydrogen-bond donors (Lipinski definition) is 0. The third-order valence-corrected chi connectivity index (χ3v) is 7.66. The monoisotopic (exact) mass is 592 g/mol. The van der Waals surface area contributed by atoms with Crippen LogP contribution in [0, 0.1) is 6.92 Å². The smallest absolute Gasteiger partial charge is 0.416 e. The Morgan fingerprint density at radius 1 is 0.930 bits per heavy atom. The summed E-state index contributed by atoms with van der Waals surface area (Å²) in [6.07, 6.45) is -1.65. The summed E-state index contributed by atoms with van der Waals surface area (Å²) in [6.45, 7) is 7.08. The second-order valence-electron chi connectivity index (χ2n) is 10.8. The number of alkyl halides is 3. The van der Waals surface area contributed by atoms with Crippen molar-refractivity contribution in [3.63, 3.8) is 0 Å². The largest absolute Gasteiger partial charge is 0.454 e. The number of piperazine rings is 1. The molecule has 2 aromatic carbocycles. The molecule has 1 aliphatic heterocycles. The van der Waals surface area contributed by atoms with Crippen LogP contribution < -0.4 is 4.90 Å². The molecule has 0 atom stereocenters. The van der Waals surface area contributed by atoms with Gasteiger partial charge < -0.3 is 23.7 Å². The number of rotatable bonds is 9. The highest BCUT2D eigenvalue weighted by Gasteiger charge is 2.31. The van der Waals surface area contributed by atoms with Crippen molar-refractivity contribution in [2.24, 2.45) is 0 Å². The Kier molecular flexibility index (Phi) is 8.94. The van der Waals surface area contributed by atoms with Gasteiger partial charge in [0.25, 0.3) is 11.8 Å². The number of aryl methyl sites for hydroxylation is 1. The summed E-state index contributed by atoms with van der Waals surface area (Å²) >= 11 is 0. The van der Waals surface area contributed by atoms with Crippen molar-refractivity contribution in [2.75, 3.05) is 37.6 Å². The molecule has 0 saturated carbocycles. The predicted octanol–water partition coefficient (Wildman–Crippen LogP) is 6.47. The molecular weight excluding hydrogens is 557 g/mol. The van der Waals surface area contributed by atoms with E-state index >= 15 is 0 Å². The third kappa shape index (κ3) is 7.13. The molecule has 3 heterocycles. The number of anilines is 1. The highest BCUT2D eigenvalue weighted by atomic mass is 19.4. The topological polar surface area (TPSA) is 61.9 Å². The van der Waals surface area contributed by atoms with Gasteiger partial charge in [-0.25, -0.2) is 0 Å². The van der Waals surface area contributed by atoms with E-state index in [2.05, 4.69) is 0 Å². The summed E-state index contributed by atoms with van der Waals surface area (Å²) in [5, 5.41) is 0. The van der Waals surface area contributed by atoms with E-state index in [0.29, 0.717) is 62.8 Å². The van der Waals surface area contributed by atoms with Crippen molar-refractivity contribution in [1.29, 1.82) is 0 Å². The molecule has 4 aromatic rings. The van der Waals surface area contributed by atoms with Gasteiger partial charge in [-0.1, -0.05) is 30.7 Å². The van der Waals surface area contributed by atoms with E-state index in [9.17, 15) is 22.8 Å². The number of amides is 2. The first kappa shape index (κ1) is 30.0. The molecule has 0 N–H and O–H groups in total. The lowest BCUT2D eigenvalue weighted by Crippen LogP contribution is -2.48. The minimum absolute atomic E-state index is 0.0198. The summed E-state index contributed by atoms with van der Waals surface area (Å²) < 4.78 is 47.3. The van der Waals surface area contributed by atoms with E-state index in [1.807, 2.05) is 70.8 Å². The van der Waals surface area contributed by atoms with Crippen LogP contribution in [0.2, 0.25) is 0 Å². The summed E-state index contributed by atoms with van der Waals surface area (Å²) in [5.41, 5.74) is 2.50. The standard InChI is InChI=1S/C33H35F3N4O3/c1-3-15-40(31(41)25-11-9-24(2)10-12-25)22-28-8-5-16-39(28)23-29-13-14-30(43-29)32(42)38-19-17-37(18-20-38)27-7-4-6-26(21-27)33(34,35)36/h4-14,16,21H,3,15,17-20,22-23H2,1-2H3. The van der Waals surface area contributed by atoms with E-state index in [1.165, 1.54) is 6.07 Å².